The number of aromatic nitrogens is 4. The molecule has 1 atom stereocenters. The van der Waals surface area contributed by atoms with Gasteiger partial charge in [0.1, 0.15) is 6.04 Å². The van der Waals surface area contributed by atoms with E-state index in [2.05, 4.69) is 25.7 Å². The highest BCUT2D eigenvalue weighted by atomic mass is 19.4. The Kier molecular flexibility index (Phi) is 8.85. The van der Waals surface area contributed by atoms with Crippen LogP contribution in [0, 0.1) is 0 Å². The van der Waals surface area contributed by atoms with E-state index in [1.165, 1.54) is 24.3 Å². The lowest BCUT2D eigenvalue weighted by molar-refractivity contribution is -0.144. The number of rotatable bonds is 10. The first kappa shape index (κ1) is 33.5. The molecule has 4 heterocycles. The number of piperidine rings is 1. The summed E-state index contributed by atoms with van der Waals surface area (Å²) in [6, 6.07) is 9.57. The van der Waals surface area contributed by atoms with Gasteiger partial charge in [-0.25, -0.2) is 4.98 Å². The molecule has 0 aliphatic carbocycles. The molecule has 256 valence electrons. The van der Waals surface area contributed by atoms with Crippen molar-refractivity contribution in [2.75, 3.05) is 11.9 Å². The number of hydrogen-bond acceptors (Lipinski definition) is 8. The molecule has 4 amide bonds. The summed E-state index contributed by atoms with van der Waals surface area (Å²) in [6.07, 6.45) is -7.91. The molecule has 17 heteroatoms. The van der Waals surface area contributed by atoms with Crippen molar-refractivity contribution < 1.29 is 45.5 Å². The van der Waals surface area contributed by atoms with E-state index in [0.29, 0.717) is 41.7 Å². The van der Waals surface area contributed by atoms with E-state index in [9.17, 15) is 45.5 Å². The van der Waals surface area contributed by atoms with Crippen molar-refractivity contribution in [3.63, 3.8) is 0 Å². The maximum atomic E-state index is 14.3. The predicted molar refractivity (Wildman–Crippen MR) is 161 cm³/mol. The zero-order valence-electron chi connectivity index (χ0n) is 25.5. The molecule has 49 heavy (non-hydrogen) atoms. The molecule has 0 radical (unpaired) electrons. The second-order valence-electron chi connectivity index (χ2n) is 11.6. The van der Waals surface area contributed by atoms with Crippen molar-refractivity contribution >= 4 is 40.3 Å². The second kappa shape index (κ2) is 12.9. The molecule has 2 aromatic carbocycles. The van der Waals surface area contributed by atoms with E-state index in [0.717, 1.165) is 11.1 Å². The van der Waals surface area contributed by atoms with Gasteiger partial charge in [0.25, 0.3) is 11.8 Å². The average molecular weight is 688 g/mol. The highest BCUT2D eigenvalue weighted by Gasteiger charge is 2.48. The minimum atomic E-state index is -5.18. The van der Waals surface area contributed by atoms with E-state index in [1.54, 1.807) is 18.2 Å². The normalized spacial score (nSPS) is 16.8. The number of nitrogens with one attached hydrogen (secondary N) is 2. The lowest BCUT2D eigenvalue weighted by Crippen LogP contribution is -2.54. The molecule has 0 saturated carbocycles. The Hall–Kier alpha value is -5.35. The molecule has 0 spiro atoms. The number of aryl methyl sites for hydroxylation is 1. The largest absolute Gasteiger partial charge is 0.435 e. The summed E-state index contributed by atoms with van der Waals surface area (Å²) in [6.45, 7) is -0.0344. The quantitative estimate of drug-likeness (QED) is 0.125. The van der Waals surface area contributed by atoms with E-state index in [-0.39, 0.29) is 35.9 Å². The minimum Gasteiger partial charge on any atom is -0.385 e. The van der Waals surface area contributed by atoms with Gasteiger partial charge in [0.15, 0.2) is 11.4 Å². The molecule has 11 nitrogen and oxygen atoms in total. The fraction of sp³-hybridized carbons (Fsp3) is 0.344. The number of amides is 4. The number of anilines is 1. The first-order valence-corrected chi connectivity index (χ1v) is 15.3. The summed E-state index contributed by atoms with van der Waals surface area (Å²) in [5, 5.41) is 8.60. The summed E-state index contributed by atoms with van der Waals surface area (Å²) < 4.78 is 85.1. The van der Waals surface area contributed by atoms with E-state index >= 15 is 0 Å². The maximum absolute atomic E-state index is 14.3. The van der Waals surface area contributed by atoms with Crippen LogP contribution in [0.1, 0.15) is 70.6 Å². The molecule has 2 N–H and O–H groups in total. The van der Waals surface area contributed by atoms with Crippen molar-refractivity contribution in [3.8, 4) is 11.3 Å². The van der Waals surface area contributed by atoms with E-state index in [4.69, 9.17) is 0 Å². The number of carbonyl (C=O) groups excluding carboxylic acids is 4. The SMILES string of the molecule is O=C1CCC(N2C(=O)c3ccc(NCCCCCCn4nc(C(F)(F)F)c(-c5cnc6ccccc6n5)c4C(F)(F)F)cc3C2=O)C(=O)N1. The Morgan fingerprint density at radius 3 is 2.29 bits per heavy atom. The summed E-state index contributed by atoms with van der Waals surface area (Å²) in [5.41, 5.74) is -3.80. The Bertz CT molecular complexity index is 1970. The smallest absolute Gasteiger partial charge is 0.385 e. The molecule has 6 rings (SSSR count). The topological polar surface area (TPSA) is 139 Å². The average Bonchev–Trinajstić information content (AvgIpc) is 3.56. The molecule has 4 aromatic rings. The molecule has 2 aliphatic rings. The molecule has 1 saturated heterocycles. The van der Waals surface area contributed by atoms with Crippen LogP contribution < -0.4 is 10.6 Å². The van der Waals surface area contributed by atoms with Gasteiger partial charge in [-0.3, -0.25) is 39.1 Å². The van der Waals surface area contributed by atoms with Gasteiger partial charge in [0.2, 0.25) is 11.8 Å². The highest BCUT2D eigenvalue weighted by molar-refractivity contribution is 6.23. The molecule has 1 unspecified atom stereocenters. The second-order valence-corrected chi connectivity index (χ2v) is 11.6. The van der Waals surface area contributed by atoms with Crippen LogP contribution in [0.25, 0.3) is 22.3 Å². The number of nitrogens with zero attached hydrogens (tertiary/aromatic N) is 5. The number of benzene rings is 2. The lowest BCUT2D eigenvalue weighted by atomic mass is 10.0. The number of carbonyl (C=O) groups is 4. The Balaban J connectivity index is 1.07. The van der Waals surface area contributed by atoms with Gasteiger partial charge in [-0.05, 0) is 49.6 Å². The minimum absolute atomic E-state index is 0.00178. The van der Waals surface area contributed by atoms with Gasteiger partial charge in [-0.1, -0.05) is 25.0 Å². The highest BCUT2D eigenvalue weighted by Crippen LogP contribution is 2.44. The molecule has 2 aliphatic heterocycles. The molecular formula is C32H27F6N7O4. The monoisotopic (exact) mass is 687 g/mol. The molecular weight excluding hydrogens is 660 g/mol. The number of para-hydroxylation sites is 2. The van der Waals surface area contributed by atoms with Gasteiger partial charge >= 0.3 is 12.4 Å². The number of unbranched alkanes of at least 4 members (excludes halogenated alkanes) is 3. The van der Waals surface area contributed by atoms with Crippen LogP contribution >= 0.6 is 0 Å². The van der Waals surface area contributed by atoms with Crippen molar-refractivity contribution in [2.24, 2.45) is 0 Å². The summed E-state index contributed by atoms with van der Waals surface area (Å²) in [5.74, 6) is -2.48. The summed E-state index contributed by atoms with van der Waals surface area (Å²) in [4.78, 5) is 58.5. The van der Waals surface area contributed by atoms with Gasteiger partial charge in [0, 0.05) is 25.2 Å². The standard InChI is InChI=1S/C32H27F6N7O4/c33-31(34,35)26-25(22-16-40-20-7-3-4-8-21(20)41-22)27(32(36,37)38)44(43-26)14-6-2-1-5-13-39-17-9-10-18-19(15-17)30(49)45(29(18)48)23-11-12-24(46)42-28(23)47/h3-4,7-10,15-16,23,39H,1-2,5-6,11-14H2,(H,42,46,47). The third-order valence-corrected chi connectivity index (χ3v) is 8.26. The van der Waals surface area contributed by atoms with Gasteiger partial charge in [-0.2, -0.15) is 31.4 Å². The van der Waals surface area contributed by atoms with Crippen molar-refractivity contribution in [3.05, 3.63) is 71.2 Å². The van der Waals surface area contributed by atoms with Crippen LogP contribution in [0.5, 0.6) is 0 Å². The third kappa shape index (κ3) is 6.69. The first-order valence-electron chi connectivity index (χ1n) is 15.3. The maximum Gasteiger partial charge on any atom is 0.435 e. The zero-order valence-corrected chi connectivity index (χ0v) is 25.5. The van der Waals surface area contributed by atoms with Crippen molar-refractivity contribution in [1.82, 2.24) is 30.0 Å². The van der Waals surface area contributed by atoms with Crippen LogP contribution in [0.4, 0.5) is 32.0 Å². The predicted octanol–water partition coefficient (Wildman–Crippen LogP) is 5.60. The van der Waals surface area contributed by atoms with Crippen LogP contribution in [-0.4, -0.2) is 60.9 Å². The number of alkyl halides is 6. The van der Waals surface area contributed by atoms with Crippen LogP contribution in [0.2, 0.25) is 0 Å². The van der Waals surface area contributed by atoms with Crippen molar-refractivity contribution in [1.29, 1.82) is 0 Å². The van der Waals surface area contributed by atoms with Crippen LogP contribution in [-0.2, 0) is 28.5 Å². The third-order valence-electron chi connectivity index (χ3n) is 8.26. The fourth-order valence-electron chi connectivity index (χ4n) is 5.98. The van der Waals surface area contributed by atoms with E-state index in [1.807, 2.05) is 0 Å². The molecule has 2 aromatic heterocycles. The molecule has 0 bridgehead atoms. The van der Waals surface area contributed by atoms with Crippen LogP contribution in [0.15, 0.2) is 48.7 Å². The summed E-state index contributed by atoms with van der Waals surface area (Å²) in [7, 11) is 0. The summed E-state index contributed by atoms with van der Waals surface area (Å²) >= 11 is 0. The van der Waals surface area contributed by atoms with Crippen molar-refractivity contribution in [2.45, 2.75) is 63.5 Å². The first-order chi connectivity index (χ1) is 23.2. The van der Waals surface area contributed by atoms with Gasteiger partial charge in [-0.15, -0.1) is 0 Å². The van der Waals surface area contributed by atoms with Gasteiger partial charge in [0.05, 0.1) is 39.6 Å². The van der Waals surface area contributed by atoms with Gasteiger partial charge < -0.3 is 5.32 Å². The van der Waals surface area contributed by atoms with E-state index < -0.39 is 71.2 Å². The number of fused-ring (bicyclic) bond motifs is 2. The number of halogens is 6. The zero-order chi connectivity index (χ0) is 35.1. The van der Waals surface area contributed by atoms with Crippen LogP contribution in [0.3, 0.4) is 0 Å². The molecule has 1 fully saturated rings. The Morgan fingerprint density at radius 2 is 1.57 bits per heavy atom. The number of imide groups is 2. The Labute approximate surface area is 273 Å². The number of hydrogen-bond donors (Lipinski definition) is 2. The Morgan fingerprint density at radius 1 is 0.857 bits per heavy atom. The fourth-order valence-corrected chi connectivity index (χ4v) is 5.98. The lowest BCUT2D eigenvalue weighted by Gasteiger charge is -2.27.